The first-order chi connectivity index (χ1) is 13.0. The van der Waals surface area contributed by atoms with Crippen molar-refractivity contribution in [2.24, 2.45) is 0 Å². The molecule has 27 heavy (non-hydrogen) atoms. The van der Waals surface area contributed by atoms with Crippen LogP contribution in [0.3, 0.4) is 0 Å². The largest absolute Gasteiger partial charge is 0.338 e. The number of nitrogens with one attached hydrogen (secondary N) is 2. The maximum atomic E-state index is 13.8. The average Bonchev–Trinajstić information content (AvgIpc) is 2.69. The van der Waals surface area contributed by atoms with Crippen LogP contribution in [-0.4, -0.2) is 15.2 Å². The number of nitrogens with zero attached hydrogens (tertiary/aromatic N) is 3. The highest BCUT2D eigenvalue weighted by molar-refractivity contribution is 5.65. The maximum Gasteiger partial charge on any atom is 0.249 e. The second-order valence-electron chi connectivity index (χ2n) is 5.80. The van der Waals surface area contributed by atoms with E-state index >= 15 is 0 Å². The van der Waals surface area contributed by atoms with Crippen LogP contribution in [0.15, 0.2) is 36.5 Å². The number of anilines is 4. The summed E-state index contributed by atoms with van der Waals surface area (Å²) in [5, 5.41) is 13.3. The summed E-state index contributed by atoms with van der Waals surface area (Å²) < 4.78 is 40.2. The molecule has 3 rings (SSSR count). The lowest BCUT2D eigenvalue weighted by Crippen LogP contribution is -2.06. The Morgan fingerprint density at radius 3 is 2.26 bits per heavy atom. The van der Waals surface area contributed by atoms with Crippen LogP contribution < -0.4 is 10.6 Å². The van der Waals surface area contributed by atoms with Crippen molar-refractivity contribution in [1.82, 2.24) is 15.2 Å². The first-order valence-corrected chi connectivity index (χ1v) is 8.51. The van der Waals surface area contributed by atoms with E-state index < -0.39 is 17.5 Å². The zero-order valence-electron chi connectivity index (χ0n) is 14.9. The molecular weight excluding hydrogens is 355 g/mol. The maximum absolute atomic E-state index is 13.8. The monoisotopic (exact) mass is 373 g/mol. The Kier molecular flexibility index (Phi) is 5.54. The van der Waals surface area contributed by atoms with Gasteiger partial charge in [0.25, 0.3) is 0 Å². The van der Waals surface area contributed by atoms with Gasteiger partial charge in [-0.1, -0.05) is 32.0 Å². The van der Waals surface area contributed by atoms with Gasteiger partial charge >= 0.3 is 0 Å². The lowest BCUT2D eigenvalue weighted by Gasteiger charge is -2.15. The number of hydrogen-bond donors (Lipinski definition) is 2. The number of para-hydroxylation sites is 1. The Morgan fingerprint density at radius 1 is 0.889 bits per heavy atom. The number of aromatic nitrogens is 3. The fraction of sp³-hybridized carbons (Fsp3) is 0.211. The Balaban J connectivity index is 1.88. The minimum absolute atomic E-state index is 0.0445. The molecule has 0 bridgehead atoms. The number of benzene rings is 2. The van der Waals surface area contributed by atoms with Crippen molar-refractivity contribution in [2.75, 3.05) is 10.6 Å². The van der Waals surface area contributed by atoms with E-state index in [9.17, 15) is 13.2 Å². The van der Waals surface area contributed by atoms with Gasteiger partial charge in [-0.15, -0.1) is 5.10 Å². The summed E-state index contributed by atoms with van der Waals surface area (Å²) in [6.45, 7) is 4.11. The molecule has 140 valence electrons. The Morgan fingerprint density at radius 2 is 1.59 bits per heavy atom. The second kappa shape index (κ2) is 8.03. The average molecular weight is 373 g/mol. The Bertz CT molecular complexity index is 940. The predicted octanol–water partition coefficient (Wildman–Crippen LogP) is 4.90. The lowest BCUT2D eigenvalue weighted by molar-refractivity contribution is 0.449. The van der Waals surface area contributed by atoms with Gasteiger partial charge in [0.15, 0.2) is 23.3 Å². The van der Waals surface area contributed by atoms with E-state index in [0.29, 0.717) is 5.82 Å². The van der Waals surface area contributed by atoms with Crippen molar-refractivity contribution in [2.45, 2.75) is 26.7 Å². The van der Waals surface area contributed by atoms with Crippen LogP contribution in [0.1, 0.15) is 25.0 Å². The Labute approximate surface area is 154 Å². The summed E-state index contributed by atoms with van der Waals surface area (Å²) in [4.78, 5) is 4.23. The van der Waals surface area contributed by atoms with Crippen molar-refractivity contribution in [1.29, 1.82) is 0 Å². The summed E-state index contributed by atoms with van der Waals surface area (Å²) in [7, 11) is 0. The first kappa shape index (κ1) is 18.6. The fourth-order valence-electron chi connectivity index (χ4n) is 2.69. The highest BCUT2D eigenvalue weighted by Crippen LogP contribution is 2.26. The summed E-state index contributed by atoms with van der Waals surface area (Å²) in [6.07, 6.45) is 3.10. The van der Waals surface area contributed by atoms with Crippen LogP contribution >= 0.6 is 0 Å². The van der Waals surface area contributed by atoms with Crippen LogP contribution in [0.5, 0.6) is 0 Å². The SMILES string of the molecule is CCc1cccc(CC)c1Nc1cnnc(Nc2ccc(F)c(F)c2F)n1. The normalized spacial score (nSPS) is 10.7. The smallest absolute Gasteiger partial charge is 0.249 e. The zero-order chi connectivity index (χ0) is 19.4. The van der Waals surface area contributed by atoms with Crippen LogP contribution in [0, 0.1) is 17.5 Å². The summed E-state index contributed by atoms with van der Waals surface area (Å²) in [5.74, 6) is -3.83. The lowest BCUT2D eigenvalue weighted by atomic mass is 10.0. The standard InChI is InChI=1S/C19H18F3N5/c1-3-11-6-5-7-12(4-2)18(11)25-15-10-23-27-19(26-15)24-14-9-8-13(20)16(21)17(14)22/h5-10H,3-4H2,1-2H3,(H2,24,25,26,27). The molecule has 2 N–H and O–H groups in total. The molecule has 0 fully saturated rings. The molecule has 8 heteroatoms. The van der Waals surface area contributed by atoms with Crippen molar-refractivity contribution in [3.05, 3.63) is 65.1 Å². The summed E-state index contributed by atoms with van der Waals surface area (Å²) in [5.41, 5.74) is 2.90. The van der Waals surface area contributed by atoms with Crippen LogP contribution in [0.4, 0.5) is 36.3 Å². The van der Waals surface area contributed by atoms with Crippen molar-refractivity contribution < 1.29 is 13.2 Å². The molecule has 0 radical (unpaired) electrons. The van der Waals surface area contributed by atoms with Crippen molar-refractivity contribution >= 4 is 23.1 Å². The third-order valence-corrected chi connectivity index (χ3v) is 4.09. The van der Waals surface area contributed by atoms with Gasteiger partial charge in [-0.25, -0.2) is 13.2 Å². The molecule has 3 aromatic rings. The second-order valence-corrected chi connectivity index (χ2v) is 5.80. The van der Waals surface area contributed by atoms with Gasteiger partial charge < -0.3 is 10.6 Å². The predicted molar refractivity (Wildman–Crippen MR) is 97.9 cm³/mol. The molecule has 0 aliphatic rings. The molecule has 0 saturated heterocycles. The van der Waals surface area contributed by atoms with Crippen LogP contribution in [0.2, 0.25) is 0 Å². The van der Waals surface area contributed by atoms with Gasteiger partial charge in [0.05, 0.1) is 11.9 Å². The molecule has 1 heterocycles. The first-order valence-electron chi connectivity index (χ1n) is 8.51. The van der Waals surface area contributed by atoms with E-state index in [0.717, 1.165) is 41.8 Å². The number of rotatable bonds is 6. The number of aryl methyl sites for hydroxylation is 2. The molecule has 0 atom stereocenters. The van der Waals surface area contributed by atoms with Gasteiger partial charge in [-0.2, -0.15) is 10.1 Å². The summed E-state index contributed by atoms with van der Waals surface area (Å²) in [6, 6.07) is 7.93. The summed E-state index contributed by atoms with van der Waals surface area (Å²) >= 11 is 0. The molecular formula is C19H18F3N5. The third kappa shape index (κ3) is 3.99. The van der Waals surface area contributed by atoms with Gasteiger partial charge in [-0.3, -0.25) is 0 Å². The molecule has 0 aliphatic carbocycles. The molecule has 1 aromatic heterocycles. The van der Waals surface area contributed by atoms with E-state index in [-0.39, 0.29) is 11.6 Å². The van der Waals surface area contributed by atoms with E-state index in [1.165, 1.54) is 6.20 Å². The van der Waals surface area contributed by atoms with Gasteiger partial charge in [0.2, 0.25) is 5.95 Å². The molecule has 0 saturated carbocycles. The van der Waals surface area contributed by atoms with Crippen LogP contribution in [-0.2, 0) is 12.8 Å². The Hall–Kier alpha value is -3.16. The topological polar surface area (TPSA) is 62.7 Å². The molecule has 0 spiro atoms. The molecule has 0 unspecified atom stereocenters. The fourth-order valence-corrected chi connectivity index (χ4v) is 2.69. The molecule has 0 amide bonds. The minimum atomic E-state index is -1.56. The minimum Gasteiger partial charge on any atom is -0.338 e. The number of halogens is 3. The highest BCUT2D eigenvalue weighted by Gasteiger charge is 2.15. The van der Waals surface area contributed by atoms with Crippen molar-refractivity contribution in [3.8, 4) is 0 Å². The quantitative estimate of drug-likeness (QED) is 0.602. The van der Waals surface area contributed by atoms with Crippen LogP contribution in [0.25, 0.3) is 0 Å². The van der Waals surface area contributed by atoms with E-state index in [1.807, 2.05) is 18.2 Å². The van der Waals surface area contributed by atoms with Gasteiger partial charge in [0.1, 0.15) is 0 Å². The third-order valence-electron chi connectivity index (χ3n) is 4.09. The molecule has 2 aromatic carbocycles. The molecule has 5 nitrogen and oxygen atoms in total. The van der Waals surface area contributed by atoms with E-state index in [4.69, 9.17) is 0 Å². The van der Waals surface area contributed by atoms with E-state index in [2.05, 4.69) is 39.7 Å². The highest BCUT2D eigenvalue weighted by atomic mass is 19.2. The number of hydrogen-bond acceptors (Lipinski definition) is 5. The van der Waals surface area contributed by atoms with E-state index in [1.54, 1.807) is 0 Å². The zero-order valence-corrected chi connectivity index (χ0v) is 14.9. The van der Waals surface area contributed by atoms with Crippen molar-refractivity contribution in [3.63, 3.8) is 0 Å². The van der Waals surface area contributed by atoms with Gasteiger partial charge in [-0.05, 0) is 36.1 Å². The molecule has 0 aliphatic heterocycles. The van der Waals surface area contributed by atoms with Gasteiger partial charge in [0, 0.05) is 5.69 Å².